The minimum Gasteiger partial charge on any atom is -0.495 e. The zero-order valence-corrected chi connectivity index (χ0v) is 19.2. The van der Waals surface area contributed by atoms with Gasteiger partial charge >= 0.3 is 0 Å². The molecule has 1 aliphatic rings. The molecule has 0 atom stereocenters. The number of methoxy groups -OCH3 is 1. The molecular weight excluding hydrogens is 454 g/mol. The van der Waals surface area contributed by atoms with Crippen molar-refractivity contribution in [2.45, 2.75) is 9.79 Å². The van der Waals surface area contributed by atoms with Gasteiger partial charge in [-0.1, -0.05) is 24.3 Å². The van der Waals surface area contributed by atoms with Gasteiger partial charge in [0, 0.05) is 25.2 Å². The van der Waals surface area contributed by atoms with Crippen LogP contribution in [0, 0.1) is 0 Å². The molecule has 0 spiro atoms. The highest BCUT2D eigenvalue weighted by atomic mass is 32.2. The maximum Gasteiger partial charge on any atom is 0.265 e. The van der Waals surface area contributed by atoms with Gasteiger partial charge in [0.05, 0.1) is 17.7 Å². The van der Waals surface area contributed by atoms with Gasteiger partial charge in [0.25, 0.3) is 10.0 Å². The lowest BCUT2D eigenvalue weighted by molar-refractivity contribution is -0.114. The molecule has 4 rings (SSSR count). The molecule has 11 heteroatoms. The van der Waals surface area contributed by atoms with Crippen molar-refractivity contribution in [1.29, 1.82) is 0 Å². The fraction of sp³-hybridized carbons (Fsp3) is 0.190. The summed E-state index contributed by atoms with van der Waals surface area (Å²) < 4.78 is 58.5. The number of nitrogens with one attached hydrogen (secondary N) is 1. The molecule has 32 heavy (non-hydrogen) atoms. The van der Waals surface area contributed by atoms with E-state index in [2.05, 4.69) is 5.32 Å². The summed E-state index contributed by atoms with van der Waals surface area (Å²) in [5.74, 6) is -0.488. The van der Waals surface area contributed by atoms with Crippen LogP contribution in [0.25, 0.3) is 10.8 Å². The van der Waals surface area contributed by atoms with Crippen LogP contribution >= 0.6 is 0 Å². The van der Waals surface area contributed by atoms with Gasteiger partial charge in [-0.25, -0.2) is 21.1 Å². The number of hydrogen-bond acceptors (Lipinski definition) is 6. The zero-order chi connectivity index (χ0) is 23.3. The van der Waals surface area contributed by atoms with Crippen molar-refractivity contribution in [1.82, 2.24) is 4.31 Å². The monoisotopic (exact) mass is 475 g/mol. The van der Waals surface area contributed by atoms with Crippen molar-refractivity contribution in [3.05, 3.63) is 54.6 Å². The van der Waals surface area contributed by atoms with Gasteiger partial charge in [-0.05, 0) is 35.7 Å². The van der Waals surface area contributed by atoms with Crippen LogP contribution in [-0.2, 0) is 24.8 Å². The van der Waals surface area contributed by atoms with Crippen LogP contribution in [0.15, 0.2) is 64.4 Å². The van der Waals surface area contributed by atoms with Gasteiger partial charge in [-0.3, -0.25) is 9.10 Å². The van der Waals surface area contributed by atoms with Crippen LogP contribution in [-0.4, -0.2) is 54.8 Å². The molecule has 0 aliphatic carbocycles. The minimum absolute atomic E-state index is 0.117. The van der Waals surface area contributed by atoms with E-state index in [0.717, 1.165) is 14.0 Å². The van der Waals surface area contributed by atoms with Gasteiger partial charge in [-0.2, -0.15) is 0 Å². The molecule has 9 nitrogen and oxygen atoms in total. The van der Waals surface area contributed by atoms with E-state index in [1.807, 2.05) is 12.1 Å². The third-order valence-corrected chi connectivity index (χ3v) is 8.81. The van der Waals surface area contributed by atoms with Gasteiger partial charge in [0.15, 0.2) is 0 Å². The summed E-state index contributed by atoms with van der Waals surface area (Å²) in [4.78, 5) is 12.8. The van der Waals surface area contributed by atoms with Crippen LogP contribution in [0.5, 0.6) is 5.75 Å². The molecule has 168 valence electrons. The number of carbonyl (C=O) groups excluding carboxylic acids is 1. The van der Waals surface area contributed by atoms with E-state index in [1.54, 1.807) is 18.2 Å². The van der Waals surface area contributed by atoms with Crippen molar-refractivity contribution < 1.29 is 26.4 Å². The first-order valence-corrected chi connectivity index (χ1v) is 12.4. The second-order valence-electron chi connectivity index (χ2n) is 7.34. The van der Waals surface area contributed by atoms with Crippen molar-refractivity contribution in [2.75, 3.05) is 37.4 Å². The Morgan fingerprint density at radius 2 is 1.78 bits per heavy atom. The third kappa shape index (κ3) is 3.48. The van der Waals surface area contributed by atoms with Crippen LogP contribution in [0.2, 0.25) is 0 Å². The Balaban J connectivity index is 1.64. The lowest BCUT2D eigenvalue weighted by Crippen LogP contribution is -2.35. The molecule has 3 aromatic carbocycles. The largest absolute Gasteiger partial charge is 0.495 e. The molecule has 0 aromatic heterocycles. The SMILES string of the molecule is COc1ccc(NC(=O)CN2c3cccc4cccc(c34)S2(=O)=O)cc1S(=O)(=O)N(C)C. The maximum atomic E-state index is 13.0. The summed E-state index contributed by atoms with van der Waals surface area (Å²) >= 11 is 0. The second kappa shape index (κ2) is 7.76. The van der Waals surface area contributed by atoms with Crippen molar-refractivity contribution in [3.8, 4) is 5.75 Å². The van der Waals surface area contributed by atoms with Gasteiger partial charge in [0.1, 0.15) is 17.2 Å². The van der Waals surface area contributed by atoms with Crippen LogP contribution < -0.4 is 14.4 Å². The molecular formula is C21H21N3O6S2. The van der Waals surface area contributed by atoms with E-state index >= 15 is 0 Å². The van der Waals surface area contributed by atoms with E-state index in [4.69, 9.17) is 4.74 Å². The molecule has 3 aromatic rings. The van der Waals surface area contributed by atoms with Crippen LogP contribution in [0.1, 0.15) is 0 Å². The first kappa shape index (κ1) is 22.1. The number of sulfonamides is 2. The van der Waals surface area contributed by atoms with Gasteiger partial charge < -0.3 is 10.1 Å². The summed E-state index contributed by atoms with van der Waals surface area (Å²) in [5.41, 5.74) is 0.627. The molecule has 0 unspecified atom stereocenters. The molecule has 0 saturated carbocycles. The Kier molecular flexibility index (Phi) is 5.35. The highest BCUT2D eigenvalue weighted by molar-refractivity contribution is 7.93. The fourth-order valence-electron chi connectivity index (χ4n) is 3.61. The number of anilines is 2. The zero-order valence-electron chi connectivity index (χ0n) is 17.6. The smallest absolute Gasteiger partial charge is 0.265 e. The molecule has 0 bridgehead atoms. The lowest BCUT2D eigenvalue weighted by Gasteiger charge is -2.19. The second-order valence-corrected chi connectivity index (χ2v) is 11.3. The van der Waals surface area contributed by atoms with Crippen molar-refractivity contribution in [3.63, 3.8) is 0 Å². The number of amides is 1. The number of rotatable bonds is 6. The molecule has 1 aliphatic heterocycles. The summed E-state index contributed by atoms with van der Waals surface area (Å²) in [5, 5.41) is 3.92. The molecule has 0 saturated heterocycles. The normalized spacial score (nSPS) is 14.7. The topological polar surface area (TPSA) is 113 Å². The molecule has 0 radical (unpaired) electrons. The first-order chi connectivity index (χ1) is 15.1. The molecule has 1 amide bonds. The third-order valence-electron chi connectivity index (χ3n) is 5.17. The Morgan fingerprint density at radius 1 is 1.09 bits per heavy atom. The quantitative estimate of drug-likeness (QED) is 0.585. The van der Waals surface area contributed by atoms with E-state index in [1.165, 1.54) is 45.5 Å². The molecule has 0 fully saturated rings. The Bertz CT molecular complexity index is 1440. The molecule has 1 heterocycles. The number of nitrogens with zero attached hydrogens (tertiary/aromatic N) is 2. The standard InChI is InChI=1S/C21H21N3O6S2/c1-23(2)31(26,27)19-12-15(10-11-17(19)30-3)22-20(25)13-24-16-8-4-6-14-7-5-9-18(21(14)16)32(24,28)29/h4-12H,13H2,1-3H3,(H,22,25). The fourth-order valence-corrected chi connectivity index (χ4v) is 6.35. The first-order valence-electron chi connectivity index (χ1n) is 9.52. The minimum atomic E-state index is -3.89. The maximum absolute atomic E-state index is 13.0. The highest BCUT2D eigenvalue weighted by Crippen LogP contribution is 2.41. The number of carbonyl (C=O) groups is 1. The van der Waals surface area contributed by atoms with Crippen molar-refractivity contribution in [2.24, 2.45) is 0 Å². The predicted molar refractivity (Wildman–Crippen MR) is 121 cm³/mol. The highest BCUT2D eigenvalue weighted by Gasteiger charge is 2.36. The van der Waals surface area contributed by atoms with E-state index in [0.29, 0.717) is 11.1 Å². The average Bonchev–Trinajstić information content (AvgIpc) is 2.97. The summed E-state index contributed by atoms with van der Waals surface area (Å²) in [6.07, 6.45) is 0. The predicted octanol–water partition coefficient (Wildman–Crippen LogP) is 2.25. The van der Waals surface area contributed by atoms with E-state index in [-0.39, 0.29) is 21.2 Å². The lowest BCUT2D eigenvalue weighted by atomic mass is 10.1. The number of benzene rings is 3. The molecule has 1 N–H and O–H groups in total. The number of hydrogen-bond donors (Lipinski definition) is 1. The summed E-state index contributed by atoms with van der Waals surface area (Å²) in [6.45, 7) is -0.460. The van der Waals surface area contributed by atoms with Crippen LogP contribution in [0.3, 0.4) is 0 Å². The Hall–Kier alpha value is -3.15. The van der Waals surface area contributed by atoms with Crippen LogP contribution in [0.4, 0.5) is 11.4 Å². The van der Waals surface area contributed by atoms with E-state index < -0.39 is 32.5 Å². The van der Waals surface area contributed by atoms with Gasteiger partial charge in [-0.15, -0.1) is 0 Å². The van der Waals surface area contributed by atoms with Gasteiger partial charge in [0.2, 0.25) is 15.9 Å². The van der Waals surface area contributed by atoms with Crippen molar-refractivity contribution >= 4 is 48.1 Å². The van der Waals surface area contributed by atoms with E-state index in [9.17, 15) is 21.6 Å². The number of ether oxygens (including phenoxy) is 1. The summed E-state index contributed by atoms with van der Waals surface area (Å²) in [6, 6.07) is 14.4. The Labute approximate surface area is 186 Å². The average molecular weight is 476 g/mol. The Morgan fingerprint density at radius 3 is 2.44 bits per heavy atom. The summed E-state index contributed by atoms with van der Waals surface area (Å²) in [7, 11) is -3.60.